The lowest BCUT2D eigenvalue weighted by atomic mass is 10.1. The van der Waals surface area contributed by atoms with Crippen molar-refractivity contribution in [1.82, 2.24) is 0 Å². The summed E-state index contributed by atoms with van der Waals surface area (Å²) in [4.78, 5) is 9.73. The minimum absolute atomic E-state index is 0.272. The van der Waals surface area contributed by atoms with Crippen LogP contribution in [0, 0.1) is 0 Å². The molecule has 0 unspecified atom stereocenters. The highest BCUT2D eigenvalue weighted by Gasteiger charge is 1.92. The predicted octanol–water partition coefficient (Wildman–Crippen LogP) is 0.729. The largest absolute Gasteiger partial charge is 0.452 e. The van der Waals surface area contributed by atoms with Crippen molar-refractivity contribution < 1.29 is 9.53 Å². The van der Waals surface area contributed by atoms with Crippen molar-refractivity contribution in [2.24, 2.45) is 5.73 Å². The van der Waals surface area contributed by atoms with Gasteiger partial charge in [0.05, 0.1) is 0 Å². The molecule has 3 nitrogen and oxygen atoms in total. The molecule has 3 heteroatoms. The molecular weight excluding hydrogens is 154 g/mol. The van der Waals surface area contributed by atoms with Crippen molar-refractivity contribution in [2.75, 3.05) is 0 Å². The fourth-order valence-corrected chi connectivity index (χ4v) is 0.884. The van der Waals surface area contributed by atoms with Crippen LogP contribution in [0.4, 0.5) is 0 Å². The van der Waals surface area contributed by atoms with Gasteiger partial charge in [0, 0.05) is 6.54 Å². The Balaban J connectivity index is 2.58. The lowest BCUT2D eigenvalue weighted by molar-refractivity contribution is 0.267. The molecule has 1 rings (SSSR count). The van der Waals surface area contributed by atoms with E-state index in [1.54, 1.807) is 0 Å². The maximum atomic E-state index is 9.73. The molecule has 0 saturated heterocycles. The summed E-state index contributed by atoms with van der Waals surface area (Å²) in [6, 6.07) is 7.56. The zero-order valence-corrected chi connectivity index (χ0v) is 6.62. The Hall–Kier alpha value is -1.35. The summed E-state index contributed by atoms with van der Waals surface area (Å²) in [5.74, 6) is 0. The molecule has 0 aromatic heterocycles. The first kappa shape index (κ1) is 8.74. The van der Waals surface area contributed by atoms with E-state index in [1.807, 2.05) is 24.3 Å². The van der Waals surface area contributed by atoms with Gasteiger partial charge in [0.25, 0.3) is 0 Å². The van der Waals surface area contributed by atoms with Gasteiger partial charge in [-0.05, 0) is 11.1 Å². The maximum Gasteiger partial charge on any atom is 0.417 e. The van der Waals surface area contributed by atoms with E-state index in [0.29, 0.717) is 6.54 Å². The van der Waals surface area contributed by atoms with Crippen LogP contribution in [-0.2, 0) is 22.7 Å². The van der Waals surface area contributed by atoms with Crippen molar-refractivity contribution in [1.29, 1.82) is 0 Å². The lowest BCUT2D eigenvalue weighted by Crippen LogP contribution is -1.96. The second kappa shape index (κ2) is 4.51. The molecule has 0 aliphatic rings. The number of hydrogen-bond donors (Lipinski definition) is 1. The average Bonchev–Trinajstić information content (AvgIpc) is 2.15. The third-order valence-corrected chi connectivity index (χ3v) is 1.56. The number of hydrogen-bond acceptors (Lipinski definition) is 3. The first-order chi connectivity index (χ1) is 5.86. The second-order valence-corrected chi connectivity index (χ2v) is 2.39. The van der Waals surface area contributed by atoms with E-state index in [2.05, 4.69) is 4.74 Å². The number of carbonyl (C=O) groups excluding carboxylic acids is 1. The van der Waals surface area contributed by atoms with Gasteiger partial charge in [0.2, 0.25) is 0 Å². The Morgan fingerprint density at radius 2 is 1.83 bits per heavy atom. The topological polar surface area (TPSA) is 52.3 Å². The van der Waals surface area contributed by atoms with Crippen molar-refractivity contribution in [2.45, 2.75) is 13.2 Å². The molecule has 0 aliphatic heterocycles. The van der Waals surface area contributed by atoms with Gasteiger partial charge in [-0.2, -0.15) is 0 Å². The van der Waals surface area contributed by atoms with Crippen molar-refractivity contribution in [3.63, 3.8) is 0 Å². The molecule has 63 valence electrons. The molecule has 1 aromatic carbocycles. The average molecular weight is 164 g/mol. The van der Waals surface area contributed by atoms with Gasteiger partial charge in [-0.3, -0.25) is 0 Å². The predicted molar refractivity (Wildman–Crippen MR) is 44.8 cm³/mol. The molecule has 0 amide bonds. The minimum Gasteiger partial charge on any atom is -0.452 e. The van der Waals surface area contributed by atoms with Crippen LogP contribution < -0.4 is 5.73 Å². The Bertz CT molecular complexity index is 243. The SMILES string of the molecule is NCc1ccc(CO[C]=O)cc1. The van der Waals surface area contributed by atoms with Gasteiger partial charge in [-0.15, -0.1) is 0 Å². The molecule has 0 saturated carbocycles. The van der Waals surface area contributed by atoms with Crippen LogP contribution >= 0.6 is 0 Å². The number of nitrogens with two attached hydrogens (primary N) is 1. The van der Waals surface area contributed by atoms with Crippen LogP contribution in [0.3, 0.4) is 0 Å². The van der Waals surface area contributed by atoms with Crippen LogP contribution in [0.5, 0.6) is 0 Å². The number of rotatable bonds is 4. The van der Waals surface area contributed by atoms with Crippen molar-refractivity contribution >= 4 is 6.47 Å². The van der Waals surface area contributed by atoms with E-state index in [-0.39, 0.29) is 6.61 Å². The van der Waals surface area contributed by atoms with E-state index in [1.165, 1.54) is 6.47 Å². The Morgan fingerprint density at radius 3 is 2.33 bits per heavy atom. The summed E-state index contributed by atoms with van der Waals surface area (Å²) in [6.45, 7) is 2.17. The number of benzene rings is 1. The molecule has 1 aromatic rings. The van der Waals surface area contributed by atoms with Gasteiger partial charge in [-0.25, -0.2) is 4.79 Å². The third kappa shape index (κ3) is 2.36. The third-order valence-electron chi connectivity index (χ3n) is 1.56. The minimum atomic E-state index is 0.272. The van der Waals surface area contributed by atoms with E-state index in [9.17, 15) is 4.79 Å². The van der Waals surface area contributed by atoms with E-state index in [4.69, 9.17) is 5.73 Å². The quantitative estimate of drug-likeness (QED) is 0.713. The van der Waals surface area contributed by atoms with Crippen LogP contribution in [-0.4, -0.2) is 6.47 Å². The highest BCUT2D eigenvalue weighted by Crippen LogP contribution is 2.04. The molecule has 1 radical (unpaired) electrons. The summed E-state index contributed by atoms with van der Waals surface area (Å²) in [5.41, 5.74) is 7.41. The monoisotopic (exact) mass is 164 g/mol. The van der Waals surface area contributed by atoms with Gasteiger partial charge in [0.1, 0.15) is 6.61 Å². The summed E-state index contributed by atoms with van der Waals surface area (Å²) in [7, 11) is 0. The van der Waals surface area contributed by atoms with Crippen LogP contribution in [0.2, 0.25) is 0 Å². The summed E-state index contributed by atoms with van der Waals surface area (Å²) in [6.07, 6.45) is 0. The van der Waals surface area contributed by atoms with E-state index in [0.717, 1.165) is 11.1 Å². The molecule has 2 N–H and O–H groups in total. The van der Waals surface area contributed by atoms with Gasteiger partial charge in [0.15, 0.2) is 0 Å². The van der Waals surface area contributed by atoms with Crippen molar-refractivity contribution in [3.05, 3.63) is 35.4 Å². The summed E-state index contributed by atoms with van der Waals surface area (Å²) < 4.78 is 4.46. The van der Waals surface area contributed by atoms with Crippen LogP contribution in [0.15, 0.2) is 24.3 Å². The normalized spacial score (nSPS) is 9.42. The highest BCUT2D eigenvalue weighted by atomic mass is 16.5. The van der Waals surface area contributed by atoms with Crippen LogP contribution in [0.1, 0.15) is 11.1 Å². The van der Waals surface area contributed by atoms with Crippen molar-refractivity contribution in [3.8, 4) is 0 Å². The molecule has 0 fully saturated rings. The van der Waals surface area contributed by atoms with Gasteiger partial charge < -0.3 is 10.5 Å². The Kier molecular flexibility index (Phi) is 3.29. The van der Waals surface area contributed by atoms with Gasteiger partial charge in [-0.1, -0.05) is 24.3 Å². The Labute approximate surface area is 71.1 Å². The van der Waals surface area contributed by atoms with E-state index < -0.39 is 0 Å². The number of ether oxygens (including phenoxy) is 1. The van der Waals surface area contributed by atoms with Gasteiger partial charge >= 0.3 is 6.47 Å². The first-order valence-corrected chi connectivity index (χ1v) is 3.63. The fourth-order valence-electron chi connectivity index (χ4n) is 0.884. The molecule has 0 heterocycles. The molecular formula is C9H10NO2. The molecule has 0 bridgehead atoms. The zero-order valence-electron chi connectivity index (χ0n) is 6.62. The summed E-state index contributed by atoms with van der Waals surface area (Å²) in [5, 5.41) is 0. The maximum absolute atomic E-state index is 9.73. The smallest absolute Gasteiger partial charge is 0.417 e. The zero-order chi connectivity index (χ0) is 8.81. The standard InChI is InChI=1S/C9H10NO2/c10-5-8-1-3-9(4-2-8)6-12-7-11/h1-4H,5-6,10H2. The molecule has 0 spiro atoms. The fraction of sp³-hybridized carbons (Fsp3) is 0.222. The first-order valence-electron chi connectivity index (χ1n) is 3.63. The molecule has 0 atom stereocenters. The lowest BCUT2D eigenvalue weighted by Gasteiger charge is -1.99. The molecule has 12 heavy (non-hydrogen) atoms. The van der Waals surface area contributed by atoms with E-state index >= 15 is 0 Å². The molecule has 0 aliphatic carbocycles. The van der Waals surface area contributed by atoms with Crippen LogP contribution in [0.25, 0.3) is 0 Å². The summed E-state index contributed by atoms with van der Waals surface area (Å²) >= 11 is 0. The highest BCUT2D eigenvalue weighted by molar-refractivity contribution is 5.38. The second-order valence-electron chi connectivity index (χ2n) is 2.39. The Morgan fingerprint density at radius 1 is 1.25 bits per heavy atom.